The average molecular weight is 488 g/mol. The minimum atomic E-state index is -3.16. The number of imidazole rings is 1. The van der Waals surface area contributed by atoms with Crippen LogP contribution < -0.4 is 10.6 Å². The summed E-state index contributed by atoms with van der Waals surface area (Å²) in [5.74, 6) is 2.65. The summed E-state index contributed by atoms with van der Waals surface area (Å²) in [5.41, 5.74) is 8.04. The standard InChI is InChI=1S/C21H29N9O3S/c1-27-17(14-28-5-7-30(8-6-28)34(2,31)32)24-18-20(27)25-19(15-3-4-16(22)23-13-15)26-21(18)29-9-11-33-12-10-29/h3-4,13H,5-12,14H2,1-2H3,(H2,22,23). The van der Waals surface area contributed by atoms with Gasteiger partial charge in [0.2, 0.25) is 10.0 Å². The molecule has 0 aromatic carbocycles. The van der Waals surface area contributed by atoms with Crippen LogP contribution in [0.15, 0.2) is 18.3 Å². The van der Waals surface area contributed by atoms with E-state index < -0.39 is 10.0 Å². The first-order valence-electron chi connectivity index (χ1n) is 11.2. The van der Waals surface area contributed by atoms with Gasteiger partial charge in [0.1, 0.15) is 11.6 Å². The van der Waals surface area contributed by atoms with Gasteiger partial charge in [0.25, 0.3) is 0 Å². The lowest BCUT2D eigenvalue weighted by molar-refractivity contribution is 0.122. The van der Waals surface area contributed by atoms with Crippen LogP contribution >= 0.6 is 0 Å². The fourth-order valence-electron chi connectivity index (χ4n) is 4.31. The van der Waals surface area contributed by atoms with Gasteiger partial charge < -0.3 is 19.9 Å². The van der Waals surface area contributed by atoms with Gasteiger partial charge in [0.05, 0.1) is 26.0 Å². The van der Waals surface area contributed by atoms with Crippen LogP contribution in [0.1, 0.15) is 5.82 Å². The topological polar surface area (TPSA) is 136 Å². The molecule has 2 saturated heterocycles. The van der Waals surface area contributed by atoms with Gasteiger partial charge in [-0.15, -0.1) is 0 Å². The summed E-state index contributed by atoms with van der Waals surface area (Å²) in [4.78, 5) is 23.3. The molecule has 3 aromatic heterocycles. The third kappa shape index (κ3) is 4.56. The number of nitrogens with two attached hydrogens (primary N) is 1. The summed E-state index contributed by atoms with van der Waals surface area (Å²) in [6.45, 7) is 5.59. The molecule has 2 aliphatic rings. The Balaban J connectivity index is 1.49. The predicted octanol–water partition coefficient (Wildman–Crippen LogP) is -0.0787. The van der Waals surface area contributed by atoms with Gasteiger partial charge >= 0.3 is 0 Å². The molecule has 0 spiro atoms. The summed E-state index contributed by atoms with van der Waals surface area (Å²) in [5, 5.41) is 0. The zero-order valence-corrected chi connectivity index (χ0v) is 20.2. The first-order chi connectivity index (χ1) is 16.3. The van der Waals surface area contributed by atoms with Crippen molar-refractivity contribution in [2.45, 2.75) is 6.54 Å². The Hall–Kier alpha value is -2.87. The predicted molar refractivity (Wildman–Crippen MR) is 129 cm³/mol. The van der Waals surface area contributed by atoms with Gasteiger partial charge in [-0.25, -0.2) is 28.4 Å². The van der Waals surface area contributed by atoms with E-state index in [1.165, 1.54) is 10.6 Å². The van der Waals surface area contributed by atoms with Crippen molar-refractivity contribution >= 4 is 32.8 Å². The van der Waals surface area contributed by atoms with Crippen molar-refractivity contribution in [2.75, 3.05) is 69.4 Å². The van der Waals surface area contributed by atoms with Gasteiger partial charge in [-0.05, 0) is 12.1 Å². The molecule has 2 N–H and O–H groups in total. The second-order valence-electron chi connectivity index (χ2n) is 8.64. The SMILES string of the molecule is Cn1c(CN2CCN(S(C)(=O)=O)CC2)nc2c(N3CCOCC3)nc(-c3ccc(N)nc3)nc21. The highest BCUT2D eigenvalue weighted by Gasteiger charge is 2.26. The zero-order valence-electron chi connectivity index (χ0n) is 19.4. The van der Waals surface area contributed by atoms with Crippen molar-refractivity contribution in [3.8, 4) is 11.4 Å². The van der Waals surface area contributed by atoms with E-state index in [1.54, 1.807) is 12.3 Å². The molecule has 0 unspecified atom stereocenters. The molecule has 0 saturated carbocycles. The van der Waals surface area contributed by atoms with Crippen molar-refractivity contribution in [3.63, 3.8) is 0 Å². The lowest BCUT2D eigenvalue weighted by Crippen LogP contribution is -2.48. The molecule has 5 rings (SSSR count). The number of aryl methyl sites for hydroxylation is 1. The van der Waals surface area contributed by atoms with Crippen molar-refractivity contribution in [1.82, 2.24) is 33.7 Å². The van der Waals surface area contributed by atoms with Gasteiger partial charge in [-0.1, -0.05) is 0 Å². The number of aromatic nitrogens is 5. The molecular formula is C21H29N9O3S. The molecule has 2 aliphatic heterocycles. The molecule has 0 aliphatic carbocycles. The summed E-state index contributed by atoms with van der Waals surface area (Å²) < 4.78 is 32.7. The molecular weight excluding hydrogens is 458 g/mol. The maximum atomic E-state index is 11.8. The van der Waals surface area contributed by atoms with E-state index in [0.29, 0.717) is 57.6 Å². The van der Waals surface area contributed by atoms with Crippen LogP contribution in [0.25, 0.3) is 22.6 Å². The normalized spacial score (nSPS) is 18.6. The number of nitrogen functional groups attached to an aromatic ring is 1. The minimum Gasteiger partial charge on any atom is -0.384 e. The molecule has 34 heavy (non-hydrogen) atoms. The van der Waals surface area contributed by atoms with E-state index >= 15 is 0 Å². The molecule has 0 amide bonds. The molecule has 3 aromatic rings. The van der Waals surface area contributed by atoms with Crippen LogP contribution in [0.5, 0.6) is 0 Å². The number of rotatable bonds is 5. The third-order valence-corrected chi connectivity index (χ3v) is 7.62. The molecule has 12 nitrogen and oxygen atoms in total. The van der Waals surface area contributed by atoms with Crippen molar-refractivity contribution in [2.24, 2.45) is 7.05 Å². The number of nitrogens with zero attached hydrogens (tertiary/aromatic N) is 8. The van der Waals surface area contributed by atoms with Gasteiger partial charge in [-0.2, -0.15) is 4.31 Å². The van der Waals surface area contributed by atoms with Gasteiger partial charge in [0, 0.05) is 58.1 Å². The first kappa shape index (κ1) is 22.9. The van der Waals surface area contributed by atoms with Gasteiger partial charge in [-0.3, -0.25) is 4.90 Å². The number of ether oxygens (including phenoxy) is 1. The van der Waals surface area contributed by atoms with Gasteiger partial charge in [0.15, 0.2) is 22.8 Å². The maximum Gasteiger partial charge on any atom is 0.211 e. The molecule has 182 valence electrons. The number of fused-ring (bicyclic) bond motifs is 1. The van der Waals surface area contributed by atoms with Crippen LogP contribution in [-0.2, 0) is 28.4 Å². The van der Waals surface area contributed by atoms with Crippen LogP contribution in [-0.4, -0.2) is 101 Å². The molecule has 0 atom stereocenters. The van der Waals surface area contributed by atoms with Crippen LogP contribution in [0, 0.1) is 0 Å². The number of anilines is 2. The quantitative estimate of drug-likeness (QED) is 0.520. The number of hydrogen-bond acceptors (Lipinski definition) is 10. The molecule has 13 heteroatoms. The first-order valence-corrected chi connectivity index (χ1v) is 13.1. The highest BCUT2D eigenvalue weighted by molar-refractivity contribution is 7.88. The monoisotopic (exact) mass is 487 g/mol. The van der Waals surface area contributed by atoms with E-state index in [-0.39, 0.29) is 0 Å². The third-order valence-electron chi connectivity index (χ3n) is 6.31. The van der Waals surface area contributed by atoms with E-state index in [2.05, 4.69) is 14.8 Å². The van der Waals surface area contributed by atoms with E-state index in [0.717, 1.165) is 41.5 Å². The molecule has 5 heterocycles. The number of pyridine rings is 1. The van der Waals surface area contributed by atoms with Crippen molar-refractivity contribution in [3.05, 3.63) is 24.2 Å². The Bertz CT molecular complexity index is 1280. The van der Waals surface area contributed by atoms with E-state index in [9.17, 15) is 8.42 Å². The Kier molecular flexibility index (Phi) is 6.10. The lowest BCUT2D eigenvalue weighted by atomic mass is 10.2. The number of hydrogen-bond donors (Lipinski definition) is 1. The number of piperazine rings is 1. The van der Waals surface area contributed by atoms with Crippen molar-refractivity contribution in [1.29, 1.82) is 0 Å². The lowest BCUT2D eigenvalue weighted by Gasteiger charge is -2.32. The Labute approximate surface area is 198 Å². The second-order valence-corrected chi connectivity index (χ2v) is 10.6. The summed E-state index contributed by atoms with van der Waals surface area (Å²) in [6.07, 6.45) is 2.94. The van der Waals surface area contributed by atoms with Crippen LogP contribution in [0.4, 0.5) is 11.6 Å². The maximum absolute atomic E-state index is 11.8. The Morgan fingerprint density at radius 1 is 1.03 bits per heavy atom. The highest BCUT2D eigenvalue weighted by atomic mass is 32.2. The fourth-order valence-corrected chi connectivity index (χ4v) is 5.14. The highest BCUT2D eigenvalue weighted by Crippen LogP contribution is 2.28. The zero-order chi connectivity index (χ0) is 23.9. The summed E-state index contributed by atoms with van der Waals surface area (Å²) in [7, 11) is -1.21. The van der Waals surface area contributed by atoms with Crippen LogP contribution in [0.2, 0.25) is 0 Å². The minimum absolute atomic E-state index is 0.442. The second kappa shape index (κ2) is 9.06. The fraction of sp³-hybridized carbons (Fsp3) is 0.524. The van der Waals surface area contributed by atoms with E-state index in [4.69, 9.17) is 25.4 Å². The molecule has 2 fully saturated rings. The van der Waals surface area contributed by atoms with Crippen LogP contribution in [0.3, 0.4) is 0 Å². The number of sulfonamides is 1. The van der Waals surface area contributed by atoms with Crippen molar-refractivity contribution < 1.29 is 13.2 Å². The summed E-state index contributed by atoms with van der Waals surface area (Å²) in [6, 6.07) is 3.60. The molecule has 0 bridgehead atoms. The number of morpholine rings is 1. The Morgan fingerprint density at radius 2 is 1.76 bits per heavy atom. The Morgan fingerprint density at radius 3 is 2.41 bits per heavy atom. The smallest absolute Gasteiger partial charge is 0.211 e. The van der Waals surface area contributed by atoms with E-state index in [1.807, 2.05) is 17.7 Å². The average Bonchev–Trinajstić information content (AvgIpc) is 3.14. The summed E-state index contributed by atoms with van der Waals surface area (Å²) >= 11 is 0. The molecule has 0 radical (unpaired) electrons. The largest absolute Gasteiger partial charge is 0.384 e.